The van der Waals surface area contributed by atoms with E-state index in [9.17, 15) is 20.0 Å². The smallest absolute Gasteiger partial charge is 0.294 e. The molecular formula is C21H33N3O6. The van der Waals surface area contributed by atoms with E-state index in [0.29, 0.717) is 44.6 Å². The molecule has 1 atom stereocenters. The Labute approximate surface area is 177 Å². The maximum Gasteiger partial charge on any atom is 0.294 e. The number of nitrogens with zero attached hydrogens (tertiary/aromatic N) is 2. The van der Waals surface area contributed by atoms with Crippen LogP contribution in [0, 0.1) is 16.0 Å². The molecule has 1 aromatic carbocycles. The van der Waals surface area contributed by atoms with Crippen molar-refractivity contribution in [2.45, 2.75) is 51.7 Å². The zero-order chi connectivity index (χ0) is 22.1. The SMILES string of the molecule is CC(C)(C)NCC(O)COc1ccc(CC(=O)N2CCC(CO[N+](=O)[O-])CC2)cc1. The number of β-amino-alcohol motifs (C(OH)–C–C–N with tert-alkyl or cyclic N) is 1. The number of hydrogen-bond donors (Lipinski definition) is 2. The van der Waals surface area contributed by atoms with Crippen molar-refractivity contribution < 1.29 is 24.6 Å². The second-order valence-electron chi connectivity index (χ2n) is 8.76. The summed E-state index contributed by atoms with van der Waals surface area (Å²) in [5.74, 6) is 0.804. The molecule has 1 aromatic rings. The standard InChI is InChI=1S/C21H33N3O6/c1-21(2,3)22-13-18(25)15-29-19-6-4-16(5-7-19)12-20(26)23-10-8-17(9-11-23)14-30-24(27)28/h4-7,17-18,22,25H,8-15H2,1-3H3. The zero-order valence-corrected chi connectivity index (χ0v) is 18.0. The van der Waals surface area contributed by atoms with Gasteiger partial charge in [0.05, 0.1) is 13.0 Å². The first-order chi connectivity index (χ1) is 14.1. The van der Waals surface area contributed by atoms with E-state index < -0.39 is 11.2 Å². The number of nitrogens with one attached hydrogen (secondary N) is 1. The van der Waals surface area contributed by atoms with Gasteiger partial charge in [0, 0.05) is 25.2 Å². The maximum atomic E-state index is 12.5. The molecule has 0 aromatic heterocycles. The Bertz CT molecular complexity index is 681. The van der Waals surface area contributed by atoms with Gasteiger partial charge in [-0.05, 0) is 57.2 Å². The Morgan fingerprint density at radius 1 is 1.30 bits per heavy atom. The number of carbonyl (C=O) groups excluding carboxylic acids is 1. The average molecular weight is 424 g/mol. The number of amides is 1. The van der Waals surface area contributed by atoms with Crippen LogP contribution in [-0.2, 0) is 16.1 Å². The summed E-state index contributed by atoms with van der Waals surface area (Å²) >= 11 is 0. The van der Waals surface area contributed by atoms with Crippen molar-refractivity contribution in [2.24, 2.45) is 5.92 Å². The molecule has 9 nitrogen and oxygen atoms in total. The van der Waals surface area contributed by atoms with Crippen molar-refractivity contribution in [1.82, 2.24) is 10.2 Å². The lowest BCUT2D eigenvalue weighted by molar-refractivity contribution is -0.759. The molecule has 0 aliphatic carbocycles. The molecule has 1 amide bonds. The van der Waals surface area contributed by atoms with E-state index in [4.69, 9.17) is 4.74 Å². The Morgan fingerprint density at radius 3 is 2.50 bits per heavy atom. The lowest BCUT2D eigenvalue weighted by Crippen LogP contribution is -2.42. The van der Waals surface area contributed by atoms with Gasteiger partial charge in [0.15, 0.2) is 0 Å². The van der Waals surface area contributed by atoms with Gasteiger partial charge < -0.3 is 24.9 Å². The van der Waals surface area contributed by atoms with Crippen molar-refractivity contribution in [3.63, 3.8) is 0 Å². The fourth-order valence-electron chi connectivity index (χ4n) is 3.18. The van der Waals surface area contributed by atoms with Crippen molar-refractivity contribution in [3.05, 3.63) is 39.9 Å². The summed E-state index contributed by atoms with van der Waals surface area (Å²) in [6.07, 6.45) is 1.11. The Morgan fingerprint density at radius 2 is 1.93 bits per heavy atom. The molecule has 168 valence electrons. The normalized spacial score (nSPS) is 16.2. The van der Waals surface area contributed by atoms with E-state index in [2.05, 4.69) is 10.2 Å². The lowest BCUT2D eigenvalue weighted by atomic mass is 9.97. The molecule has 1 heterocycles. The number of hydrogen-bond acceptors (Lipinski definition) is 7. The number of ether oxygens (including phenoxy) is 1. The number of likely N-dealkylation sites (tertiary alicyclic amines) is 1. The number of piperidine rings is 1. The summed E-state index contributed by atoms with van der Waals surface area (Å²) in [6.45, 7) is 8.02. The van der Waals surface area contributed by atoms with E-state index in [1.165, 1.54) is 0 Å². The second kappa shape index (κ2) is 11.1. The minimum atomic E-state index is -0.769. The summed E-state index contributed by atoms with van der Waals surface area (Å²) in [5, 5.41) is 22.7. The largest absolute Gasteiger partial charge is 0.491 e. The molecule has 1 fully saturated rings. The molecular weight excluding hydrogens is 390 g/mol. The predicted molar refractivity (Wildman–Crippen MR) is 112 cm³/mol. The van der Waals surface area contributed by atoms with Gasteiger partial charge in [0.25, 0.3) is 5.09 Å². The summed E-state index contributed by atoms with van der Waals surface area (Å²) in [4.78, 5) is 29.0. The molecule has 30 heavy (non-hydrogen) atoms. The highest BCUT2D eigenvalue weighted by Crippen LogP contribution is 2.19. The van der Waals surface area contributed by atoms with Crippen LogP contribution in [0.1, 0.15) is 39.2 Å². The molecule has 1 saturated heterocycles. The lowest BCUT2D eigenvalue weighted by Gasteiger charge is -2.31. The minimum absolute atomic E-state index is 0.0426. The third-order valence-electron chi connectivity index (χ3n) is 4.97. The highest BCUT2D eigenvalue weighted by molar-refractivity contribution is 5.78. The van der Waals surface area contributed by atoms with Gasteiger partial charge >= 0.3 is 0 Å². The number of carbonyl (C=O) groups is 1. The van der Waals surface area contributed by atoms with Gasteiger partial charge in [-0.25, -0.2) is 0 Å². The zero-order valence-electron chi connectivity index (χ0n) is 18.0. The number of rotatable bonds is 10. The first kappa shape index (κ1) is 23.9. The van der Waals surface area contributed by atoms with Crippen LogP contribution in [-0.4, -0.2) is 65.5 Å². The fraction of sp³-hybridized carbons (Fsp3) is 0.667. The first-order valence-electron chi connectivity index (χ1n) is 10.3. The third-order valence-corrected chi connectivity index (χ3v) is 4.97. The van der Waals surface area contributed by atoms with Gasteiger partial charge in [-0.15, -0.1) is 10.1 Å². The van der Waals surface area contributed by atoms with Crippen molar-refractivity contribution in [1.29, 1.82) is 0 Å². The van der Waals surface area contributed by atoms with Crippen LogP contribution in [0.3, 0.4) is 0 Å². The molecule has 1 aliphatic heterocycles. The highest BCUT2D eigenvalue weighted by atomic mass is 16.9. The topological polar surface area (TPSA) is 114 Å². The molecule has 1 unspecified atom stereocenters. The summed E-state index contributed by atoms with van der Waals surface area (Å²) in [6, 6.07) is 7.30. The van der Waals surface area contributed by atoms with Crippen LogP contribution >= 0.6 is 0 Å². The molecule has 0 radical (unpaired) electrons. The number of benzene rings is 1. The van der Waals surface area contributed by atoms with Crippen molar-refractivity contribution in [3.8, 4) is 5.75 Å². The molecule has 2 rings (SSSR count). The molecule has 2 N–H and O–H groups in total. The van der Waals surface area contributed by atoms with Crippen LogP contribution in [0.4, 0.5) is 0 Å². The third kappa shape index (κ3) is 8.96. The highest BCUT2D eigenvalue weighted by Gasteiger charge is 2.23. The molecule has 0 spiro atoms. The van der Waals surface area contributed by atoms with E-state index in [-0.39, 0.29) is 30.6 Å². The van der Waals surface area contributed by atoms with Crippen molar-refractivity contribution >= 4 is 5.91 Å². The van der Waals surface area contributed by atoms with Crippen LogP contribution in [0.15, 0.2) is 24.3 Å². The van der Waals surface area contributed by atoms with Crippen LogP contribution in [0.5, 0.6) is 5.75 Å². The molecule has 9 heteroatoms. The van der Waals surface area contributed by atoms with Crippen molar-refractivity contribution in [2.75, 3.05) is 32.8 Å². The van der Waals surface area contributed by atoms with E-state index >= 15 is 0 Å². The number of aliphatic hydroxyl groups is 1. The average Bonchev–Trinajstić information content (AvgIpc) is 2.70. The predicted octanol–water partition coefficient (Wildman–Crippen LogP) is 1.80. The molecule has 0 bridgehead atoms. The quantitative estimate of drug-likeness (QED) is 0.436. The first-order valence-corrected chi connectivity index (χ1v) is 10.3. The van der Waals surface area contributed by atoms with Gasteiger partial charge in [-0.3, -0.25) is 4.79 Å². The maximum absolute atomic E-state index is 12.5. The van der Waals surface area contributed by atoms with Crippen LogP contribution in [0.25, 0.3) is 0 Å². The summed E-state index contributed by atoms with van der Waals surface area (Å²) < 4.78 is 5.62. The Balaban J connectivity index is 1.71. The molecule has 1 aliphatic rings. The minimum Gasteiger partial charge on any atom is -0.491 e. The van der Waals surface area contributed by atoms with Crippen LogP contribution < -0.4 is 10.1 Å². The van der Waals surface area contributed by atoms with Gasteiger partial charge in [0.2, 0.25) is 5.91 Å². The second-order valence-corrected chi connectivity index (χ2v) is 8.76. The van der Waals surface area contributed by atoms with Gasteiger partial charge in [-0.2, -0.15) is 0 Å². The molecule has 0 saturated carbocycles. The Kier molecular flexibility index (Phi) is 8.86. The Hall–Kier alpha value is -2.39. The van der Waals surface area contributed by atoms with E-state index in [1.807, 2.05) is 32.9 Å². The van der Waals surface area contributed by atoms with Crippen LogP contribution in [0.2, 0.25) is 0 Å². The van der Waals surface area contributed by atoms with E-state index in [0.717, 1.165) is 5.56 Å². The van der Waals surface area contributed by atoms with Gasteiger partial charge in [-0.1, -0.05) is 12.1 Å². The number of aliphatic hydroxyl groups excluding tert-OH is 1. The summed E-state index contributed by atoms with van der Waals surface area (Å²) in [5.41, 5.74) is 0.828. The summed E-state index contributed by atoms with van der Waals surface area (Å²) in [7, 11) is 0. The monoisotopic (exact) mass is 423 g/mol. The van der Waals surface area contributed by atoms with E-state index in [1.54, 1.807) is 17.0 Å². The van der Waals surface area contributed by atoms with Gasteiger partial charge in [0.1, 0.15) is 18.5 Å². The fourth-order valence-corrected chi connectivity index (χ4v) is 3.18.